The Morgan fingerprint density at radius 3 is 1.97 bits per heavy atom. The van der Waals surface area contributed by atoms with Crippen molar-refractivity contribution in [3.05, 3.63) is 84.4 Å². The largest absolute Gasteiger partial charge is 0.273 e. The van der Waals surface area contributed by atoms with Gasteiger partial charge in [-0.05, 0) is 12.1 Å². The van der Waals surface area contributed by atoms with Crippen molar-refractivity contribution >= 4 is 22.7 Å². The highest BCUT2D eigenvalue weighted by Gasteiger charge is 2.22. The summed E-state index contributed by atoms with van der Waals surface area (Å²) < 4.78 is 0. The molecule has 0 radical (unpaired) electrons. The highest BCUT2D eigenvalue weighted by molar-refractivity contribution is 6.07. The Morgan fingerprint density at radius 1 is 0.767 bits per heavy atom. The van der Waals surface area contributed by atoms with Crippen LogP contribution in [-0.2, 0) is 4.79 Å². The number of carbonyl (C=O) groups excluding carboxylic acids is 1. The van der Waals surface area contributed by atoms with Gasteiger partial charge in [0.1, 0.15) is 0 Å². The fraction of sp³-hybridized carbons (Fsp3) is 0.120. The number of benzene rings is 3. The quantitative estimate of drug-likeness (QED) is 0.543. The van der Waals surface area contributed by atoms with Gasteiger partial charge < -0.3 is 0 Å². The summed E-state index contributed by atoms with van der Waals surface area (Å²) in [5, 5.41) is 4.28. The van der Waals surface area contributed by atoms with E-state index in [-0.39, 0.29) is 11.8 Å². The summed E-state index contributed by atoms with van der Waals surface area (Å²) in [5.41, 5.74) is 9.79. The van der Waals surface area contributed by atoms with Crippen LogP contribution in [0, 0.1) is 5.92 Å². The van der Waals surface area contributed by atoms with E-state index in [4.69, 9.17) is 9.97 Å². The lowest BCUT2D eigenvalue weighted by atomic mass is 9.94. The van der Waals surface area contributed by atoms with Gasteiger partial charge in [-0.15, -0.1) is 0 Å². The number of fused-ring (bicyclic) bond motifs is 1. The molecule has 0 spiro atoms. The third-order valence-corrected chi connectivity index (χ3v) is 5.31. The number of nitrogens with one attached hydrogen (secondary N) is 1. The summed E-state index contributed by atoms with van der Waals surface area (Å²) in [7, 11) is 0. The van der Waals surface area contributed by atoms with Crippen molar-refractivity contribution < 1.29 is 4.79 Å². The van der Waals surface area contributed by atoms with Gasteiger partial charge in [-0.1, -0.05) is 73.7 Å². The number of hydrogen-bond acceptors (Lipinski definition) is 4. The fourth-order valence-electron chi connectivity index (χ4n) is 3.81. The third kappa shape index (κ3) is 3.35. The van der Waals surface area contributed by atoms with Gasteiger partial charge in [0.05, 0.1) is 28.1 Å². The number of nitrogens with zero attached hydrogens (tertiary/aromatic N) is 3. The summed E-state index contributed by atoms with van der Waals surface area (Å²) >= 11 is 0. The van der Waals surface area contributed by atoms with Gasteiger partial charge in [0.25, 0.3) is 0 Å². The van der Waals surface area contributed by atoms with Crippen LogP contribution in [0.5, 0.6) is 0 Å². The number of aromatic nitrogens is 2. The van der Waals surface area contributed by atoms with Crippen molar-refractivity contribution in [3.63, 3.8) is 0 Å². The molecule has 5 rings (SSSR count). The number of hydrogen-bond donors (Lipinski definition) is 1. The van der Waals surface area contributed by atoms with E-state index >= 15 is 0 Å². The molecule has 5 nitrogen and oxygen atoms in total. The van der Waals surface area contributed by atoms with Crippen LogP contribution in [0.15, 0.2) is 84.0 Å². The van der Waals surface area contributed by atoms with Gasteiger partial charge in [0.2, 0.25) is 5.91 Å². The molecular formula is C25H20N4O. The molecule has 2 heterocycles. The first-order valence-corrected chi connectivity index (χ1v) is 9.98. The molecule has 0 aliphatic carbocycles. The van der Waals surface area contributed by atoms with Crippen LogP contribution in [0.3, 0.4) is 0 Å². The molecule has 1 aliphatic rings. The highest BCUT2D eigenvalue weighted by Crippen LogP contribution is 2.31. The van der Waals surface area contributed by atoms with Crippen LogP contribution >= 0.6 is 0 Å². The second-order valence-electron chi connectivity index (χ2n) is 7.49. The minimum absolute atomic E-state index is 0.0503. The molecule has 0 saturated heterocycles. The number of carbonyl (C=O) groups is 1. The van der Waals surface area contributed by atoms with Crippen molar-refractivity contribution in [2.75, 3.05) is 0 Å². The lowest BCUT2D eigenvalue weighted by Gasteiger charge is -2.19. The minimum atomic E-state index is -0.0503. The summed E-state index contributed by atoms with van der Waals surface area (Å²) in [5.74, 6) is 0.00652. The van der Waals surface area contributed by atoms with E-state index in [0.29, 0.717) is 6.42 Å². The molecule has 146 valence electrons. The van der Waals surface area contributed by atoms with Crippen molar-refractivity contribution in [2.24, 2.45) is 11.0 Å². The molecule has 0 bridgehead atoms. The van der Waals surface area contributed by atoms with E-state index < -0.39 is 0 Å². The second-order valence-corrected chi connectivity index (χ2v) is 7.49. The summed E-state index contributed by atoms with van der Waals surface area (Å²) in [4.78, 5) is 21.6. The molecule has 5 heteroatoms. The van der Waals surface area contributed by atoms with E-state index in [0.717, 1.165) is 44.8 Å². The molecule has 30 heavy (non-hydrogen) atoms. The van der Waals surface area contributed by atoms with Gasteiger partial charge in [-0.25, -0.2) is 15.4 Å². The molecule has 1 amide bonds. The van der Waals surface area contributed by atoms with Crippen LogP contribution < -0.4 is 5.43 Å². The minimum Gasteiger partial charge on any atom is -0.273 e. The van der Waals surface area contributed by atoms with Crippen molar-refractivity contribution in [3.8, 4) is 22.5 Å². The predicted molar refractivity (Wildman–Crippen MR) is 119 cm³/mol. The third-order valence-electron chi connectivity index (χ3n) is 5.31. The van der Waals surface area contributed by atoms with E-state index in [1.165, 1.54) is 0 Å². The van der Waals surface area contributed by atoms with Gasteiger partial charge in [-0.2, -0.15) is 5.10 Å². The van der Waals surface area contributed by atoms with E-state index in [1.807, 2.05) is 61.5 Å². The zero-order chi connectivity index (χ0) is 20.5. The smallest absolute Gasteiger partial charge is 0.240 e. The van der Waals surface area contributed by atoms with Crippen LogP contribution in [0.2, 0.25) is 0 Å². The number of rotatable bonds is 3. The SMILES string of the molecule is CC1CC(=O)NN=C1c1ccc2nc(-c3ccccc3)c(-c3ccccc3)nc2c1. The Labute approximate surface area is 174 Å². The molecule has 1 aromatic heterocycles. The summed E-state index contributed by atoms with van der Waals surface area (Å²) in [6.45, 7) is 2.02. The Hall–Kier alpha value is -3.86. The zero-order valence-corrected chi connectivity index (χ0v) is 16.5. The second kappa shape index (κ2) is 7.52. The standard InChI is InChI=1S/C25H20N4O/c1-16-14-22(30)28-29-23(16)19-12-13-20-21(15-19)27-25(18-10-6-3-7-11-18)24(26-20)17-8-4-2-5-9-17/h2-13,15-16H,14H2,1H3,(H,28,30). The van der Waals surface area contributed by atoms with Crippen molar-refractivity contribution in [2.45, 2.75) is 13.3 Å². The lowest BCUT2D eigenvalue weighted by molar-refractivity contribution is -0.121. The Morgan fingerprint density at radius 2 is 1.37 bits per heavy atom. The fourth-order valence-corrected chi connectivity index (χ4v) is 3.81. The maximum atomic E-state index is 11.6. The van der Waals surface area contributed by atoms with Gasteiger partial charge >= 0.3 is 0 Å². The number of amides is 1. The van der Waals surface area contributed by atoms with Crippen LogP contribution in [0.1, 0.15) is 18.9 Å². The predicted octanol–water partition coefficient (Wildman–Crippen LogP) is 4.82. The van der Waals surface area contributed by atoms with Crippen LogP contribution in [0.4, 0.5) is 0 Å². The van der Waals surface area contributed by atoms with Crippen LogP contribution in [-0.4, -0.2) is 21.6 Å². The molecule has 1 aliphatic heterocycles. The normalized spacial score (nSPS) is 16.2. The van der Waals surface area contributed by atoms with Gasteiger partial charge in [-0.3, -0.25) is 4.79 Å². The summed E-state index contributed by atoms with van der Waals surface area (Å²) in [6.07, 6.45) is 0.435. The maximum absolute atomic E-state index is 11.6. The molecule has 1 N–H and O–H groups in total. The Bertz CT molecular complexity index is 1270. The molecular weight excluding hydrogens is 372 g/mol. The summed E-state index contributed by atoms with van der Waals surface area (Å²) in [6, 6.07) is 26.2. The zero-order valence-electron chi connectivity index (χ0n) is 16.5. The average Bonchev–Trinajstić information content (AvgIpc) is 2.79. The molecule has 4 aromatic rings. The van der Waals surface area contributed by atoms with Crippen molar-refractivity contribution in [1.82, 2.24) is 15.4 Å². The van der Waals surface area contributed by atoms with Gasteiger partial charge in [0.15, 0.2) is 0 Å². The molecule has 1 atom stereocenters. The highest BCUT2D eigenvalue weighted by atomic mass is 16.2. The van der Waals surface area contributed by atoms with E-state index in [1.54, 1.807) is 0 Å². The molecule has 0 saturated carbocycles. The molecule has 1 unspecified atom stereocenters. The Kier molecular flexibility index (Phi) is 4.56. The van der Waals surface area contributed by atoms with Gasteiger partial charge in [0, 0.05) is 29.0 Å². The lowest BCUT2D eigenvalue weighted by Crippen LogP contribution is -2.31. The first-order chi connectivity index (χ1) is 14.7. The monoisotopic (exact) mass is 392 g/mol. The molecule has 0 fully saturated rings. The van der Waals surface area contributed by atoms with Crippen LogP contribution in [0.25, 0.3) is 33.5 Å². The maximum Gasteiger partial charge on any atom is 0.240 e. The number of hydrazone groups is 1. The topological polar surface area (TPSA) is 67.2 Å². The average molecular weight is 392 g/mol. The Balaban J connectivity index is 1.70. The van der Waals surface area contributed by atoms with E-state index in [9.17, 15) is 4.79 Å². The first-order valence-electron chi connectivity index (χ1n) is 9.98. The molecule has 3 aromatic carbocycles. The van der Waals surface area contributed by atoms with E-state index in [2.05, 4.69) is 34.8 Å². The first kappa shape index (κ1) is 18.2. The van der Waals surface area contributed by atoms with Crippen molar-refractivity contribution in [1.29, 1.82) is 0 Å².